The Morgan fingerprint density at radius 3 is 2.53 bits per heavy atom. The Kier molecular flexibility index (Phi) is 3.29. The summed E-state index contributed by atoms with van der Waals surface area (Å²) in [6.45, 7) is 0. The fourth-order valence-electron chi connectivity index (χ4n) is 2.06. The van der Waals surface area contributed by atoms with E-state index in [4.69, 9.17) is 5.73 Å². The van der Waals surface area contributed by atoms with Crippen LogP contribution in [-0.4, -0.2) is 4.98 Å². The van der Waals surface area contributed by atoms with Crippen LogP contribution in [0.5, 0.6) is 0 Å². The van der Waals surface area contributed by atoms with Crippen LogP contribution in [0.4, 0.5) is 5.00 Å². The molecular weight excluding hydrogens is 252 g/mol. The maximum absolute atomic E-state index is 6.11. The topological polar surface area (TPSA) is 38.9 Å². The molecule has 0 aliphatic rings. The van der Waals surface area contributed by atoms with E-state index in [1.54, 1.807) is 17.5 Å². The number of pyridine rings is 1. The van der Waals surface area contributed by atoms with Crippen molar-refractivity contribution >= 4 is 16.3 Å². The summed E-state index contributed by atoms with van der Waals surface area (Å²) in [7, 11) is 0. The molecule has 0 fully saturated rings. The molecule has 1 aromatic carbocycles. The summed E-state index contributed by atoms with van der Waals surface area (Å²) < 4.78 is 0. The van der Waals surface area contributed by atoms with Crippen LogP contribution in [0.3, 0.4) is 0 Å². The molecular formula is C16H14N2S. The largest absolute Gasteiger partial charge is 0.390 e. The van der Waals surface area contributed by atoms with Crippen LogP contribution in [0.1, 0.15) is 10.4 Å². The number of aromatic nitrogens is 1. The average Bonchev–Trinajstić information content (AvgIpc) is 2.82. The molecule has 2 aromatic heterocycles. The van der Waals surface area contributed by atoms with Crippen LogP contribution in [0.2, 0.25) is 0 Å². The zero-order valence-corrected chi connectivity index (χ0v) is 11.2. The zero-order valence-electron chi connectivity index (χ0n) is 10.4. The van der Waals surface area contributed by atoms with Gasteiger partial charge in [0.25, 0.3) is 0 Å². The fraction of sp³-hybridized carbons (Fsp3) is 0.0625. The molecule has 3 aromatic rings. The molecule has 2 N–H and O–H groups in total. The third-order valence-electron chi connectivity index (χ3n) is 2.97. The molecule has 2 heterocycles. The Morgan fingerprint density at radius 1 is 1.00 bits per heavy atom. The quantitative estimate of drug-likeness (QED) is 0.778. The number of benzene rings is 1. The van der Waals surface area contributed by atoms with Crippen molar-refractivity contribution in [2.75, 3.05) is 5.73 Å². The number of nitrogen functional groups attached to an aromatic ring is 1. The third kappa shape index (κ3) is 2.66. The molecule has 0 aliphatic heterocycles. The van der Waals surface area contributed by atoms with Crippen molar-refractivity contribution in [3.05, 3.63) is 71.2 Å². The van der Waals surface area contributed by atoms with Gasteiger partial charge in [0.1, 0.15) is 0 Å². The van der Waals surface area contributed by atoms with Crippen LogP contribution in [0.15, 0.2) is 60.8 Å². The Morgan fingerprint density at radius 2 is 1.79 bits per heavy atom. The molecule has 0 aliphatic carbocycles. The van der Waals surface area contributed by atoms with Crippen LogP contribution < -0.4 is 5.73 Å². The monoisotopic (exact) mass is 266 g/mol. The lowest BCUT2D eigenvalue weighted by Crippen LogP contribution is -1.85. The maximum Gasteiger partial charge on any atom is 0.0954 e. The Hall–Kier alpha value is -2.13. The second-order valence-electron chi connectivity index (χ2n) is 4.37. The minimum atomic E-state index is 0.838. The maximum atomic E-state index is 6.11. The highest BCUT2D eigenvalue weighted by molar-refractivity contribution is 7.16. The number of nitrogens with zero attached hydrogens (tertiary/aromatic N) is 1. The first-order valence-electron chi connectivity index (χ1n) is 6.16. The molecule has 0 amide bonds. The molecule has 0 saturated carbocycles. The van der Waals surface area contributed by atoms with E-state index in [2.05, 4.69) is 35.3 Å². The van der Waals surface area contributed by atoms with E-state index < -0.39 is 0 Å². The van der Waals surface area contributed by atoms with Crippen molar-refractivity contribution in [1.29, 1.82) is 0 Å². The van der Waals surface area contributed by atoms with Gasteiger partial charge in [0, 0.05) is 23.1 Å². The normalized spacial score (nSPS) is 10.5. The molecule has 3 rings (SSSR count). The van der Waals surface area contributed by atoms with E-state index in [0.717, 1.165) is 22.7 Å². The predicted octanol–water partition coefficient (Wildman–Crippen LogP) is 3.98. The van der Waals surface area contributed by atoms with Crippen LogP contribution in [0.25, 0.3) is 11.3 Å². The summed E-state index contributed by atoms with van der Waals surface area (Å²) in [6.07, 6.45) is 2.71. The zero-order chi connectivity index (χ0) is 13.1. The van der Waals surface area contributed by atoms with E-state index in [-0.39, 0.29) is 0 Å². The molecule has 3 heteroatoms. The lowest BCUT2D eigenvalue weighted by Gasteiger charge is -1.97. The highest BCUT2D eigenvalue weighted by Gasteiger charge is 2.09. The van der Waals surface area contributed by atoms with Crippen molar-refractivity contribution in [1.82, 2.24) is 4.98 Å². The lowest BCUT2D eigenvalue weighted by atomic mass is 10.1. The first-order chi connectivity index (χ1) is 9.33. The van der Waals surface area contributed by atoms with Gasteiger partial charge in [-0.2, -0.15) is 0 Å². The van der Waals surface area contributed by atoms with E-state index in [9.17, 15) is 0 Å². The van der Waals surface area contributed by atoms with Gasteiger partial charge in [0.15, 0.2) is 0 Å². The molecule has 0 atom stereocenters. The van der Waals surface area contributed by atoms with Crippen molar-refractivity contribution < 1.29 is 0 Å². The molecule has 19 heavy (non-hydrogen) atoms. The Bertz CT molecular complexity index is 660. The van der Waals surface area contributed by atoms with Crippen molar-refractivity contribution in [2.24, 2.45) is 0 Å². The summed E-state index contributed by atoms with van der Waals surface area (Å²) >= 11 is 1.64. The summed E-state index contributed by atoms with van der Waals surface area (Å²) in [6, 6.07) is 18.5. The first-order valence-corrected chi connectivity index (χ1v) is 6.98. The van der Waals surface area contributed by atoms with Crippen molar-refractivity contribution in [2.45, 2.75) is 6.42 Å². The summed E-state index contributed by atoms with van der Waals surface area (Å²) in [4.78, 5) is 5.62. The molecule has 0 saturated heterocycles. The number of nitrogens with two attached hydrogens (primary N) is 1. The number of hydrogen-bond acceptors (Lipinski definition) is 3. The summed E-state index contributed by atoms with van der Waals surface area (Å²) in [5.74, 6) is 0. The van der Waals surface area contributed by atoms with Gasteiger partial charge < -0.3 is 5.73 Å². The number of rotatable bonds is 3. The minimum absolute atomic E-state index is 0.838. The molecule has 0 radical (unpaired) electrons. The van der Waals surface area contributed by atoms with Gasteiger partial charge in [0.05, 0.1) is 10.7 Å². The van der Waals surface area contributed by atoms with Gasteiger partial charge in [0.2, 0.25) is 0 Å². The number of hydrogen-bond donors (Lipinski definition) is 1. The van der Waals surface area contributed by atoms with Crippen molar-refractivity contribution in [3.63, 3.8) is 0 Å². The van der Waals surface area contributed by atoms with E-state index in [1.165, 1.54) is 10.4 Å². The highest BCUT2D eigenvalue weighted by Crippen LogP contribution is 2.33. The van der Waals surface area contributed by atoms with Crippen molar-refractivity contribution in [3.8, 4) is 11.3 Å². The van der Waals surface area contributed by atoms with Gasteiger partial charge in [-0.15, -0.1) is 11.3 Å². The predicted molar refractivity (Wildman–Crippen MR) is 81.2 cm³/mol. The van der Waals surface area contributed by atoms with E-state index in [0.29, 0.717) is 0 Å². The van der Waals surface area contributed by atoms with Gasteiger partial charge in [-0.05, 0) is 23.8 Å². The molecule has 2 nitrogen and oxygen atoms in total. The Balaban J connectivity index is 1.90. The number of thiophene rings is 1. The van der Waals surface area contributed by atoms with Gasteiger partial charge >= 0.3 is 0 Å². The van der Waals surface area contributed by atoms with Crippen LogP contribution in [-0.2, 0) is 6.42 Å². The average molecular weight is 266 g/mol. The molecule has 0 bridgehead atoms. The fourth-order valence-corrected chi connectivity index (χ4v) is 3.04. The molecule has 0 unspecified atom stereocenters. The Labute approximate surface area is 116 Å². The second-order valence-corrected chi connectivity index (χ2v) is 5.54. The van der Waals surface area contributed by atoms with Crippen LogP contribution in [0, 0.1) is 0 Å². The van der Waals surface area contributed by atoms with Gasteiger partial charge in [-0.1, -0.05) is 36.4 Å². The van der Waals surface area contributed by atoms with Gasteiger partial charge in [-0.3, -0.25) is 4.98 Å². The minimum Gasteiger partial charge on any atom is -0.390 e. The van der Waals surface area contributed by atoms with Crippen LogP contribution >= 0.6 is 11.3 Å². The highest BCUT2D eigenvalue weighted by atomic mass is 32.1. The van der Waals surface area contributed by atoms with Gasteiger partial charge in [-0.25, -0.2) is 0 Å². The second kappa shape index (κ2) is 5.24. The van der Waals surface area contributed by atoms with E-state index >= 15 is 0 Å². The van der Waals surface area contributed by atoms with E-state index in [1.807, 2.05) is 24.3 Å². The lowest BCUT2D eigenvalue weighted by molar-refractivity contribution is 1.24. The first kappa shape index (κ1) is 11.9. The summed E-state index contributed by atoms with van der Waals surface area (Å²) in [5, 5.41) is 0.838. The standard InChI is InChI=1S/C16H14N2S/c17-16-14(15-8-4-5-9-18-15)11-13(19-16)10-12-6-2-1-3-7-12/h1-9,11H,10,17H2. The SMILES string of the molecule is Nc1sc(Cc2ccccc2)cc1-c1ccccn1. The third-order valence-corrected chi connectivity index (χ3v) is 3.94. The smallest absolute Gasteiger partial charge is 0.0954 e. The molecule has 94 valence electrons. The summed E-state index contributed by atoms with van der Waals surface area (Å²) in [5.41, 5.74) is 9.39. The number of anilines is 1. The molecule has 0 spiro atoms.